The van der Waals surface area contributed by atoms with E-state index in [9.17, 15) is 31.2 Å². The number of benzene rings is 2. The molecule has 0 unspecified atom stereocenters. The molecule has 2 aromatic rings. The van der Waals surface area contributed by atoms with Gasteiger partial charge in [-0.3, -0.25) is 9.59 Å². The van der Waals surface area contributed by atoms with Gasteiger partial charge in [-0.05, 0) is 36.4 Å². The van der Waals surface area contributed by atoms with Crippen LogP contribution in [0.4, 0.5) is 24.5 Å². The lowest BCUT2D eigenvalue weighted by Gasteiger charge is -2.17. The SMILES string of the molecule is O=C(Nc1cccc(C(F)(F)F)c1)c1ccc(Cl)c(N2C(=O)CCS2(=O)=O)c1. The van der Waals surface area contributed by atoms with E-state index in [1.807, 2.05) is 0 Å². The number of nitrogens with one attached hydrogen (secondary N) is 1. The first-order valence-electron chi connectivity index (χ1n) is 7.83. The molecular formula is C17H12ClF3N2O4S. The maximum atomic E-state index is 12.8. The maximum Gasteiger partial charge on any atom is 0.416 e. The van der Waals surface area contributed by atoms with Crippen molar-refractivity contribution in [2.45, 2.75) is 12.6 Å². The van der Waals surface area contributed by atoms with Gasteiger partial charge >= 0.3 is 6.18 Å². The van der Waals surface area contributed by atoms with Crippen molar-refractivity contribution in [2.75, 3.05) is 15.4 Å². The summed E-state index contributed by atoms with van der Waals surface area (Å²) in [5, 5.41) is 2.24. The lowest BCUT2D eigenvalue weighted by molar-refractivity contribution is -0.137. The fourth-order valence-electron chi connectivity index (χ4n) is 2.63. The molecule has 28 heavy (non-hydrogen) atoms. The topological polar surface area (TPSA) is 83.6 Å². The van der Waals surface area contributed by atoms with Crippen LogP contribution in [0.2, 0.25) is 5.02 Å². The van der Waals surface area contributed by atoms with Gasteiger partial charge in [0.2, 0.25) is 15.9 Å². The van der Waals surface area contributed by atoms with Crippen LogP contribution in [0, 0.1) is 0 Å². The zero-order valence-corrected chi connectivity index (χ0v) is 15.5. The first-order chi connectivity index (χ1) is 13.0. The predicted octanol–water partition coefficient (Wildman–Crippen LogP) is 3.68. The zero-order chi connectivity index (χ0) is 20.7. The highest BCUT2D eigenvalue weighted by molar-refractivity contribution is 7.94. The molecule has 0 radical (unpaired) electrons. The molecule has 11 heteroatoms. The molecule has 0 saturated carbocycles. The predicted molar refractivity (Wildman–Crippen MR) is 96.7 cm³/mol. The number of amides is 2. The minimum absolute atomic E-state index is 0.0607. The van der Waals surface area contributed by atoms with Gasteiger partial charge in [0, 0.05) is 17.7 Å². The monoisotopic (exact) mass is 432 g/mol. The minimum atomic E-state index is -4.57. The molecule has 6 nitrogen and oxygen atoms in total. The maximum absolute atomic E-state index is 12.8. The van der Waals surface area contributed by atoms with Gasteiger partial charge in [-0.15, -0.1) is 0 Å². The summed E-state index contributed by atoms with van der Waals surface area (Å²) in [7, 11) is -3.89. The van der Waals surface area contributed by atoms with Crippen LogP contribution in [0.25, 0.3) is 0 Å². The highest BCUT2D eigenvalue weighted by atomic mass is 35.5. The Bertz CT molecular complexity index is 1070. The molecule has 148 valence electrons. The van der Waals surface area contributed by atoms with E-state index in [0.29, 0.717) is 4.31 Å². The van der Waals surface area contributed by atoms with Crippen LogP contribution in [-0.2, 0) is 21.0 Å². The van der Waals surface area contributed by atoms with E-state index in [1.54, 1.807) is 0 Å². The third kappa shape index (κ3) is 3.97. The summed E-state index contributed by atoms with van der Waals surface area (Å²) >= 11 is 5.99. The summed E-state index contributed by atoms with van der Waals surface area (Å²) in [6.07, 6.45) is -4.78. The Kier molecular flexibility index (Phi) is 5.11. The molecule has 0 aliphatic carbocycles. The van der Waals surface area contributed by atoms with Crippen molar-refractivity contribution in [3.63, 3.8) is 0 Å². The molecule has 1 N–H and O–H groups in total. The van der Waals surface area contributed by atoms with Gasteiger partial charge < -0.3 is 5.32 Å². The summed E-state index contributed by atoms with van der Waals surface area (Å²) in [6.45, 7) is 0. The molecule has 1 heterocycles. The molecule has 0 aromatic heterocycles. The fraction of sp³-hybridized carbons (Fsp3) is 0.176. The Hall–Kier alpha value is -2.59. The Labute approximate surface area is 163 Å². The number of carbonyl (C=O) groups is 2. The van der Waals surface area contributed by atoms with Gasteiger partial charge in [0.05, 0.1) is 22.0 Å². The van der Waals surface area contributed by atoms with Crippen LogP contribution in [0.5, 0.6) is 0 Å². The lowest BCUT2D eigenvalue weighted by Crippen LogP contribution is -2.30. The van der Waals surface area contributed by atoms with E-state index in [0.717, 1.165) is 24.3 Å². The average molecular weight is 433 g/mol. The standard InChI is InChI=1S/C17H12ClF3N2O4S/c18-13-5-4-10(8-14(13)23-15(24)6-7-28(23,26)27)16(25)22-12-3-1-2-11(9-12)17(19,20)21/h1-5,8-9H,6-7H2,(H,22,25). The van der Waals surface area contributed by atoms with Crippen molar-refractivity contribution in [1.29, 1.82) is 0 Å². The van der Waals surface area contributed by atoms with Crippen molar-refractivity contribution in [2.24, 2.45) is 0 Å². The number of rotatable bonds is 3. The first kappa shape index (κ1) is 20.2. The normalized spacial score (nSPS) is 16.3. The molecule has 1 fully saturated rings. The molecule has 0 bridgehead atoms. The highest BCUT2D eigenvalue weighted by Crippen LogP contribution is 2.33. The minimum Gasteiger partial charge on any atom is -0.322 e. The second-order valence-corrected chi connectivity index (χ2v) is 8.27. The van der Waals surface area contributed by atoms with E-state index in [2.05, 4.69) is 5.32 Å². The van der Waals surface area contributed by atoms with Gasteiger partial charge in [-0.1, -0.05) is 17.7 Å². The largest absolute Gasteiger partial charge is 0.416 e. The highest BCUT2D eigenvalue weighted by Gasteiger charge is 2.37. The molecule has 1 saturated heterocycles. The van der Waals surface area contributed by atoms with Crippen molar-refractivity contribution < 1.29 is 31.2 Å². The number of carbonyl (C=O) groups excluding carboxylic acids is 2. The van der Waals surface area contributed by atoms with Gasteiger partial charge in [0.15, 0.2) is 0 Å². The number of alkyl halides is 3. The molecule has 0 atom stereocenters. The van der Waals surface area contributed by atoms with Crippen LogP contribution in [-0.4, -0.2) is 26.0 Å². The summed E-state index contributed by atoms with van der Waals surface area (Å²) < 4.78 is 63.0. The Balaban J connectivity index is 1.91. The van der Waals surface area contributed by atoms with Gasteiger partial charge in [0.1, 0.15) is 0 Å². The smallest absolute Gasteiger partial charge is 0.322 e. The van der Waals surface area contributed by atoms with Crippen molar-refractivity contribution in [1.82, 2.24) is 0 Å². The van der Waals surface area contributed by atoms with Crippen molar-refractivity contribution in [3.05, 3.63) is 58.6 Å². The summed E-state index contributed by atoms with van der Waals surface area (Å²) in [4.78, 5) is 24.3. The van der Waals surface area contributed by atoms with E-state index >= 15 is 0 Å². The van der Waals surface area contributed by atoms with Crippen molar-refractivity contribution >= 4 is 44.8 Å². The Morgan fingerprint density at radius 3 is 2.46 bits per heavy atom. The van der Waals surface area contributed by atoms with E-state index in [1.165, 1.54) is 18.2 Å². The van der Waals surface area contributed by atoms with E-state index in [-0.39, 0.29) is 34.1 Å². The molecule has 2 amide bonds. The van der Waals surface area contributed by atoms with E-state index in [4.69, 9.17) is 11.6 Å². The third-order valence-corrected chi connectivity index (χ3v) is 5.95. The number of hydrogen-bond acceptors (Lipinski definition) is 4. The number of anilines is 2. The molecule has 2 aromatic carbocycles. The Morgan fingerprint density at radius 2 is 1.86 bits per heavy atom. The van der Waals surface area contributed by atoms with Crippen molar-refractivity contribution in [3.8, 4) is 0 Å². The van der Waals surface area contributed by atoms with Crippen LogP contribution >= 0.6 is 11.6 Å². The fourth-order valence-corrected chi connectivity index (χ4v) is 4.35. The lowest BCUT2D eigenvalue weighted by atomic mass is 10.1. The zero-order valence-electron chi connectivity index (χ0n) is 14.0. The quantitative estimate of drug-likeness (QED) is 0.802. The van der Waals surface area contributed by atoms with Crippen LogP contribution in [0.1, 0.15) is 22.3 Å². The van der Waals surface area contributed by atoms with Crippen LogP contribution in [0.15, 0.2) is 42.5 Å². The number of sulfonamides is 1. The number of nitrogens with zero attached hydrogens (tertiary/aromatic N) is 1. The summed E-state index contributed by atoms with van der Waals surface area (Å²) in [5.41, 5.74) is -1.29. The number of hydrogen-bond donors (Lipinski definition) is 1. The van der Waals surface area contributed by atoms with E-state index < -0.39 is 33.6 Å². The second-order valence-electron chi connectivity index (χ2n) is 5.92. The van der Waals surface area contributed by atoms with Crippen LogP contribution in [0.3, 0.4) is 0 Å². The molecular weight excluding hydrogens is 421 g/mol. The third-order valence-electron chi connectivity index (χ3n) is 3.95. The Morgan fingerprint density at radius 1 is 1.14 bits per heavy atom. The molecule has 3 rings (SSSR count). The molecule has 1 aliphatic rings. The number of halogens is 4. The van der Waals surface area contributed by atoms with Gasteiger partial charge in [0.25, 0.3) is 5.91 Å². The average Bonchev–Trinajstić information content (AvgIpc) is 2.88. The van der Waals surface area contributed by atoms with Gasteiger partial charge in [-0.2, -0.15) is 13.2 Å². The summed E-state index contributed by atoms with van der Waals surface area (Å²) in [5.74, 6) is -1.85. The van der Waals surface area contributed by atoms with Gasteiger partial charge in [-0.25, -0.2) is 12.7 Å². The first-order valence-corrected chi connectivity index (χ1v) is 9.82. The second kappa shape index (κ2) is 7.10. The molecule has 0 spiro atoms. The van der Waals surface area contributed by atoms with Crippen LogP contribution < -0.4 is 9.62 Å². The summed E-state index contributed by atoms with van der Waals surface area (Å²) in [6, 6.07) is 7.65. The molecule has 1 aliphatic heterocycles.